The minimum absolute atomic E-state index is 0. The molecule has 262 valence electrons. The van der Waals surface area contributed by atoms with Gasteiger partial charge in [-0.2, -0.15) is 0 Å². The Labute approximate surface area is 326 Å². The largest absolute Gasteiger partial charge is 1.00 e. The van der Waals surface area contributed by atoms with Crippen molar-refractivity contribution >= 4 is 27.4 Å². The van der Waals surface area contributed by atoms with Gasteiger partial charge < -0.3 is 24.8 Å². The fourth-order valence-corrected chi connectivity index (χ4v) is 33.1. The Kier molecular flexibility index (Phi) is 12.9. The van der Waals surface area contributed by atoms with Gasteiger partial charge in [0.25, 0.3) is 0 Å². The molecule has 0 fully saturated rings. The molecule has 0 amide bonds. The monoisotopic (exact) mass is 828 g/mol. The minimum atomic E-state index is -2.97. The number of aryl methyl sites for hydroxylation is 2. The van der Waals surface area contributed by atoms with Gasteiger partial charge in [-0.15, -0.1) is 0 Å². The average Bonchev–Trinajstić information content (AvgIpc) is 3.61. The fourth-order valence-electron chi connectivity index (χ4n) is 8.28. The summed E-state index contributed by atoms with van der Waals surface area (Å²) in [6.45, 7) is 28.5. The van der Waals surface area contributed by atoms with Gasteiger partial charge >= 0.3 is 305 Å². The zero-order valence-corrected chi connectivity index (χ0v) is 39.1. The molecule has 0 saturated heterocycles. The zero-order chi connectivity index (χ0) is 34.6. The van der Waals surface area contributed by atoms with Crippen LogP contribution in [0.25, 0.3) is 11.1 Å². The molecule has 0 aromatic heterocycles. The molecule has 0 spiro atoms. The smallest absolute Gasteiger partial charge is 1.00 e. The summed E-state index contributed by atoms with van der Waals surface area (Å²) >= 11 is -2.97. The summed E-state index contributed by atoms with van der Waals surface area (Å²) in [5.74, 6) is 0. The SMILES string of the molecule is CCc1ccc2c(c1)[CH]([Zr+2]([C]1=C([Si](C)(C)C)C([Si](C)(C)C)=CC1[Si](C)(C)C)=[C](c1ccccc1)c1ccccc1)c1cc(CC)ccc1-2.[Cl-].[Cl-]. The van der Waals surface area contributed by atoms with Gasteiger partial charge in [-0.3, -0.25) is 0 Å². The third-order valence-corrected chi connectivity index (χ3v) is 27.1. The summed E-state index contributed by atoms with van der Waals surface area (Å²) in [6, 6.07) is 38.3. The molecule has 4 aromatic rings. The first kappa shape index (κ1) is 41.1. The predicted octanol–water partition coefficient (Wildman–Crippen LogP) is 6.43. The first-order chi connectivity index (χ1) is 22.6. The Hall–Kier alpha value is -1.66. The van der Waals surface area contributed by atoms with Gasteiger partial charge in [-0.1, -0.05) is 0 Å². The molecule has 0 radical (unpaired) electrons. The molecule has 0 nitrogen and oxygen atoms in total. The van der Waals surface area contributed by atoms with Crippen LogP contribution in [0.2, 0.25) is 64.5 Å². The van der Waals surface area contributed by atoms with E-state index >= 15 is 0 Å². The molecule has 4 aromatic carbocycles. The molecule has 2 aliphatic rings. The second kappa shape index (κ2) is 15.8. The van der Waals surface area contributed by atoms with Gasteiger partial charge in [0.2, 0.25) is 0 Å². The van der Waals surface area contributed by atoms with Crippen molar-refractivity contribution in [3.05, 3.63) is 150 Å². The van der Waals surface area contributed by atoms with Crippen LogP contribution in [0.4, 0.5) is 0 Å². The molecule has 1 atom stereocenters. The van der Waals surface area contributed by atoms with Crippen molar-refractivity contribution in [1.82, 2.24) is 0 Å². The van der Waals surface area contributed by atoms with Crippen molar-refractivity contribution in [2.45, 2.75) is 94.8 Å². The second-order valence-electron chi connectivity index (χ2n) is 17.2. The molecule has 6 heteroatoms. The van der Waals surface area contributed by atoms with E-state index in [0.717, 1.165) is 12.8 Å². The number of rotatable bonds is 9. The Morgan fingerprint density at radius 3 is 1.38 bits per heavy atom. The maximum absolute atomic E-state index is 2.97. The summed E-state index contributed by atoms with van der Waals surface area (Å²) in [6.07, 6.45) is 5.05. The van der Waals surface area contributed by atoms with Gasteiger partial charge in [-0.25, -0.2) is 0 Å². The van der Waals surface area contributed by atoms with Crippen LogP contribution in [0.5, 0.6) is 0 Å². The first-order valence-corrected chi connectivity index (χ1v) is 32.7. The van der Waals surface area contributed by atoms with Crippen molar-refractivity contribution in [2.75, 3.05) is 0 Å². The van der Waals surface area contributed by atoms with Crippen molar-refractivity contribution in [3.8, 4) is 11.1 Å². The van der Waals surface area contributed by atoms with Crippen LogP contribution in [0.3, 0.4) is 0 Å². The van der Waals surface area contributed by atoms with Gasteiger partial charge in [0.15, 0.2) is 0 Å². The molecule has 0 saturated carbocycles. The van der Waals surface area contributed by atoms with Gasteiger partial charge in [0, 0.05) is 0 Å². The van der Waals surface area contributed by atoms with Crippen LogP contribution in [0, 0.1) is 0 Å². The van der Waals surface area contributed by atoms with E-state index in [-0.39, 0.29) is 24.8 Å². The normalized spacial score (nSPS) is 15.7. The third kappa shape index (κ3) is 7.83. The third-order valence-electron chi connectivity index (χ3n) is 10.6. The van der Waals surface area contributed by atoms with Crippen LogP contribution in [-0.4, -0.2) is 27.4 Å². The fraction of sp³-hybridized carbons (Fsp3) is 0.341. The van der Waals surface area contributed by atoms with Gasteiger partial charge in [0.1, 0.15) is 0 Å². The summed E-state index contributed by atoms with van der Waals surface area (Å²) in [5, 5.41) is 3.70. The Morgan fingerprint density at radius 2 is 1.02 bits per heavy atom. The summed E-state index contributed by atoms with van der Waals surface area (Å²) in [4.78, 5) is 0. The van der Waals surface area contributed by atoms with E-state index in [1.165, 1.54) is 33.4 Å². The van der Waals surface area contributed by atoms with Gasteiger partial charge in [-0.05, 0) is 0 Å². The molecule has 1 unspecified atom stereocenters. The maximum atomic E-state index is 2.90. The van der Waals surface area contributed by atoms with Crippen LogP contribution >= 0.6 is 0 Å². The number of allylic oxidation sites excluding steroid dienone is 4. The standard InChI is InChI=1S/C17H17.C14H29Si3.C13H10.2ClH.Zr/c1-3-12-5-7-16-14(9-12)11-15-10-13(4-2)6-8-17(15)16;1-15(2,3)12-10-13(16(4,5)6)14(11-12)17(7,8)9;1-3-7-12(8-4-1)11-13-9-5-2-6-10-13;;;/h5-11H,3-4H2,1-2H3;10,12H,1-9H3;1-10H;2*1H;/q;;;;;+2/p-2. The molecular weight excluding hydrogens is 775 g/mol. The molecule has 0 aliphatic heterocycles. The van der Waals surface area contributed by atoms with Crippen LogP contribution in [0.1, 0.15) is 50.9 Å². The van der Waals surface area contributed by atoms with E-state index in [2.05, 4.69) is 176 Å². The quantitative estimate of drug-likeness (QED) is 0.171. The molecular formula is C44H56Cl2Si3Zr. The number of fused-ring (bicyclic) bond motifs is 3. The van der Waals surface area contributed by atoms with E-state index in [1.54, 1.807) is 14.3 Å². The number of hydrogen-bond acceptors (Lipinski definition) is 0. The van der Waals surface area contributed by atoms with Gasteiger partial charge in [0.05, 0.1) is 0 Å². The van der Waals surface area contributed by atoms with Crippen molar-refractivity contribution in [2.24, 2.45) is 0 Å². The van der Waals surface area contributed by atoms with E-state index < -0.39 is 45.5 Å². The molecule has 0 N–H and O–H groups in total. The number of hydrogen-bond donors (Lipinski definition) is 0. The van der Waals surface area contributed by atoms with Crippen LogP contribution < -0.4 is 24.8 Å². The van der Waals surface area contributed by atoms with Crippen molar-refractivity contribution in [3.63, 3.8) is 0 Å². The number of halogens is 2. The zero-order valence-electron chi connectivity index (χ0n) is 32.1. The van der Waals surface area contributed by atoms with E-state index in [1.807, 2.05) is 13.7 Å². The Morgan fingerprint density at radius 1 is 0.580 bits per heavy atom. The van der Waals surface area contributed by atoms with Crippen LogP contribution in [0.15, 0.2) is 117 Å². The van der Waals surface area contributed by atoms with E-state index in [4.69, 9.17) is 0 Å². The minimum Gasteiger partial charge on any atom is -1.00 e. The summed E-state index contributed by atoms with van der Waals surface area (Å²) in [5.41, 5.74) is 12.7. The molecule has 50 heavy (non-hydrogen) atoms. The predicted molar refractivity (Wildman–Crippen MR) is 217 cm³/mol. The van der Waals surface area contributed by atoms with E-state index in [9.17, 15) is 0 Å². The summed E-state index contributed by atoms with van der Waals surface area (Å²) < 4.78 is 4.12. The topological polar surface area (TPSA) is 0 Å². The molecule has 0 bridgehead atoms. The van der Waals surface area contributed by atoms with Crippen LogP contribution in [-0.2, 0) is 34.1 Å². The average molecular weight is 831 g/mol. The maximum Gasteiger partial charge on any atom is -1.00 e. The van der Waals surface area contributed by atoms with E-state index in [0.29, 0.717) is 9.17 Å². The number of benzene rings is 4. The van der Waals surface area contributed by atoms with Crippen molar-refractivity contribution in [1.29, 1.82) is 0 Å². The van der Waals surface area contributed by atoms with Crippen molar-refractivity contribution < 1.29 is 46.1 Å². The molecule has 2 aliphatic carbocycles. The Balaban J connectivity index is 0.00000281. The first-order valence-electron chi connectivity index (χ1n) is 18.2. The second-order valence-corrected chi connectivity index (χ2v) is 38.6. The Bertz CT molecular complexity index is 1840. The summed E-state index contributed by atoms with van der Waals surface area (Å²) in [7, 11) is -5.05. The molecule has 6 rings (SSSR count). The molecule has 0 heterocycles.